The molecule has 0 heterocycles. The highest BCUT2D eigenvalue weighted by atomic mass is 19.4. The second-order valence-electron chi connectivity index (χ2n) is 16.9. The second-order valence-corrected chi connectivity index (χ2v) is 16.9. The highest BCUT2D eigenvalue weighted by molar-refractivity contribution is 5.92. The number of alkyl halides is 6. The molecule has 0 aliphatic heterocycles. The molecular weight excluding hydrogens is 1070 g/mol. The first-order valence-electron chi connectivity index (χ1n) is 24.4. The minimum atomic E-state index is -4.38. The number of esters is 2. The van der Waals surface area contributed by atoms with Crippen molar-refractivity contribution in [3.63, 3.8) is 0 Å². The Hall–Kier alpha value is -10.4. The summed E-state index contributed by atoms with van der Waals surface area (Å²) in [5.74, 6) is -2.53. The Labute approximate surface area is 469 Å². The topological polar surface area (TPSA) is 225 Å². The number of rotatable bonds is 17. The van der Waals surface area contributed by atoms with Crippen molar-refractivity contribution >= 4 is 70.9 Å². The maximum atomic E-state index is 12.7. The predicted octanol–water partition coefficient (Wildman–Crippen LogP) is 13.1. The lowest BCUT2D eigenvalue weighted by Gasteiger charge is -2.12. The molecule has 0 bridgehead atoms. The number of carboxylic acid groups (broad SMARTS) is 1. The molecule has 0 aliphatic rings. The maximum Gasteiger partial charge on any atom is 0.416 e. The first-order chi connectivity index (χ1) is 39.2. The summed E-state index contributed by atoms with van der Waals surface area (Å²) in [6, 6.07) is 48.6. The van der Waals surface area contributed by atoms with Crippen LogP contribution in [0.5, 0.6) is 0 Å². The number of hydrogen-bond acceptors (Lipinski definition) is 12. The predicted molar refractivity (Wildman–Crippen MR) is 304 cm³/mol. The molecule has 0 atom stereocenters. The minimum Gasteiger partial charge on any atom is -0.478 e. The number of nitrogen functional groups attached to an aromatic ring is 1. The molecule has 0 aromatic heterocycles. The van der Waals surface area contributed by atoms with E-state index < -0.39 is 41.3 Å². The summed E-state index contributed by atoms with van der Waals surface area (Å²) in [6.45, 7) is 0.988. The summed E-state index contributed by atoms with van der Waals surface area (Å²) in [6.07, 6.45) is 2.36. The van der Waals surface area contributed by atoms with Crippen molar-refractivity contribution in [1.82, 2.24) is 5.48 Å². The van der Waals surface area contributed by atoms with E-state index in [1.807, 2.05) is 60.7 Å². The number of carbonyl (C=O) groups is 4. The summed E-state index contributed by atoms with van der Waals surface area (Å²) in [4.78, 5) is 43.5. The molecule has 20 heteroatoms. The highest BCUT2D eigenvalue weighted by Gasteiger charge is 2.31. The molecule has 14 nitrogen and oxygen atoms in total. The lowest BCUT2D eigenvalue weighted by molar-refractivity contribution is -0.138. The van der Waals surface area contributed by atoms with Gasteiger partial charge >= 0.3 is 30.3 Å². The molecule has 0 saturated carbocycles. The number of nitriles is 1. The molecule has 1 amide bonds. The van der Waals surface area contributed by atoms with Crippen LogP contribution in [0.2, 0.25) is 0 Å². The van der Waals surface area contributed by atoms with Crippen molar-refractivity contribution in [1.29, 1.82) is 5.26 Å². The quantitative estimate of drug-likeness (QED) is 0.0113. The fraction of sp³-hybridized carbons (Fsp3) is 0.113. The van der Waals surface area contributed by atoms with E-state index in [4.69, 9.17) is 21.3 Å². The zero-order chi connectivity index (χ0) is 59.9. The molecule has 82 heavy (non-hydrogen) atoms. The van der Waals surface area contributed by atoms with Gasteiger partial charge in [0.2, 0.25) is 0 Å². The zero-order valence-electron chi connectivity index (χ0n) is 44.0. The lowest BCUT2D eigenvalue weighted by atomic mass is 10.1. The standard InChI is InChI=1S/C18H16N2O2.C17H15F3N2O2.C17H14F3NO2.C10H11NO2/c1-22-18(21)10-9-16-7-2-3-8-17(16)20-13-15-6-4-5-14(11-15)12-19;18-17(19,20)14-6-3-4-12(10-14)11-21-15-7-2-1-5-13(15)8-9-16(23)22-24;18-17(19,20)14-6-3-4-12(10-14)11-21-15-7-2-1-5-13(15)8-9-16(22)23;1-13-10(12)7-6-8-4-2-3-5-9(8)11/h2-11,20H,13H2,1H3;1-10,21,24H,11H2,(H,22,23);1-10,21H,11H2,(H,22,23);2-7H,11H2,1H3/b10-9+;2*9-8+;7-6+. The number of nitrogens with one attached hydrogen (secondary N) is 4. The normalized spacial score (nSPS) is 11.0. The number of ether oxygens (including phenoxy) is 2. The first kappa shape index (κ1) is 64.1. The molecule has 0 spiro atoms. The van der Waals surface area contributed by atoms with E-state index in [0.717, 1.165) is 58.8 Å². The molecule has 7 aromatic rings. The summed E-state index contributed by atoms with van der Waals surface area (Å²) in [7, 11) is 2.68. The van der Waals surface area contributed by atoms with Crippen molar-refractivity contribution in [3.05, 3.63) is 250 Å². The third kappa shape index (κ3) is 23.3. The second kappa shape index (κ2) is 33.1. The van der Waals surface area contributed by atoms with Crippen LogP contribution >= 0.6 is 0 Å². The van der Waals surface area contributed by atoms with Gasteiger partial charge in [0.05, 0.1) is 37.0 Å². The number of hydrogen-bond donors (Lipinski definition) is 7. The van der Waals surface area contributed by atoms with E-state index >= 15 is 0 Å². The number of aliphatic carboxylic acids is 1. The summed E-state index contributed by atoms with van der Waals surface area (Å²) in [5, 5.41) is 35.4. The van der Waals surface area contributed by atoms with Crippen LogP contribution in [0.25, 0.3) is 24.3 Å². The van der Waals surface area contributed by atoms with Gasteiger partial charge in [-0.25, -0.2) is 19.9 Å². The number of methoxy groups -OCH3 is 2. The van der Waals surface area contributed by atoms with Gasteiger partial charge in [-0.15, -0.1) is 0 Å². The van der Waals surface area contributed by atoms with Crippen molar-refractivity contribution in [2.45, 2.75) is 32.0 Å². The van der Waals surface area contributed by atoms with Gasteiger partial charge in [-0.3, -0.25) is 10.0 Å². The Morgan fingerprint density at radius 2 is 0.878 bits per heavy atom. The van der Waals surface area contributed by atoms with Gasteiger partial charge in [-0.1, -0.05) is 109 Å². The van der Waals surface area contributed by atoms with Crippen molar-refractivity contribution in [2.75, 3.05) is 35.9 Å². The average molecular weight is 1130 g/mol. The number of para-hydroxylation sites is 4. The van der Waals surface area contributed by atoms with Gasteiger partial charge in [0.25, 0.3) is 5.91 Å². The van der Waals surface area contributed by atoms with Crippen LogP contribution in [0.15, 0.2) is 194 Å². The molecule has 0 aliphatic carbocycles. The van der Waals surface area contributed by atoms with Crippen LogP contribution < -0.4 is 27.2 Å². The Kier molecular flexibility index (Phi) is 25.9. The molecule has 0 radical (unpaired) electrons. The fourth-order valence-electron chi connectivity index (χ4n) is 6.95. The third-order valence-electron chi connectivity index (χ3n) is 11.0. The van der Waals surface area contributed by atoms with E-state index in [9.17, 15) is 45.5 Å². The molecule has 0 unspecified atom stereocenters. The van der Waals surface area contributed by atoms with Gasteiger partial charge in [0, 0.05) is 66.7 Å². The SMILES string of the molecule is COC(=O)/C=C/c1ccccc1N.COC(=O)/C=C/c1ccccc1NCc1cccc(C#N)c1.O=C(/C=C/c1ccccc1NCc1cccc(C(F)(F)F)c1)NO.O=C(O)/C=C/c1ccccc1NCc1cccc(C(F)(F)F)c1. The highest BCUT2D eigenvalue weighted by Crippen LogP contribution is 2.31. The van der Waals surface area contributed by atoms with Crippen LogP contribution in [0.3, 0.4) is 0 Å². The minimum absolute atomic E-state index is 0.195. The number of nitrogens with zero attached hydrogens (tertiary/aromatic N) is 1. The monoisotopic (exact) mass is 1130 g/mol. The summed E-state index contributed by atoms with van der Waals surface area (Å²) >= 11 is 0. The van der Waals surface area contributed by atoms with Crippen molar-refractivity contribution < 1.29 is 65.3 Å². The third-order valence-corrected chi connectivity index (χ3v) is 11.0. The van der Waals surface area contributed by atoms with Crippen LogP contribution in [0.4, 0.5) is 49.1 Å². The lowest BCUT2D eigenvalue weighted by Crippen LogP contribution is -2.14. The number of benzene rings is 7. The molecular formula is C62H56F6N6O8. The van der Waals surface area contributed by atoms with E-state index in [0.29, 0.717) is 51.4 Å². The fourth-order valence-corrected chi connectivity index (χ4v) is 6.95. The molecule has 8 N–H and O–H groups in total. The number of hydroxylamine groups is 1. The number of carboxylic acids is 1. The van der Waals surface area contributed by atoms with Crippen LogP contribution in [0.1, 0.15) is 55.6 Å². The number of nitrogens with two attached hydrogens (primary N) is 1. The molecule has 0 fully saturated rings. The Balaban J connectivity index is 0.000000240. The van der Waals surface area contributed by atoms with Gasteiger partial charge in [0.15, 0.2) is 0 Å². The average Bonchev–Trinajstić information content (AvgIpc) is 3.51. The Bertz CT molecular complexity index is 3410. The Morgan fingerprint density at radius 1 is 0.512 bits per heavy atom. The Morgan fingerprint density at radius 3 is 1.27 bits per heavy atom. The van der Waals surface area contributed by atoms with Gasteiger partial charge in [-0.2, -0.15) is 31.6 Å². The van der Waals surface area contributed by atoms with Gasteiger partial charge in [0.1, 0.15) is 0 Å². The van der Waals surface area contributed by atoms with Gasteiger partial charge < -0.3 is 36.3 Å². The van der Waals surface area contributed by atoms with E-state index in [1.165, 1.54) is 56.1 Å². The van der Waals surface area contributed by atoms with E-state index in [1.54, 1.807) is 84.9 Å². The zero-order valence-corrected chi connectivity index (χ0v) is 44.0. The number of halogens is 6. The van der Waals surface area contributed by atoms with Gasteiger partial charge in [-0.05, 0) is 124 Å². The van der Waals surface area contributed by atoms with Crippen LogP contribution in [-0.4, -0.2) is 48.3 Å². The largest absolute Gasteiger partial charge is 0.478 e. The molecule has 0 saturated heterocycles. The molecule has 424 valence electrons. The van der Waals surface area contributed by atoms with Crippen LogP contribution in [-0.2, 0) is 60.6 Å². The van der Waals surface area contributed by atoms with Crippen molar-refractivity contribution in [2.24, 2.45) is 0 Å². The molecule has 7 rings (SSSR count). The first-order valence-corrected chi connectivity index (χ1v) is 24.4. The van der Waals surface area contributed by atoms with Crippen molar-refractivity contribution in [3.8, 4) is 6.07 Å². The maximum absolute atomic E-state index is 12.7. The van der Waals surface area contributed by atoms with E-state index in [2.05, 4.69) is 31.5 Å². The number of anilines is 4. The number of amides is 1. The summed E-state index contributed by atoms with van der Waals surface area (Å²) < 4.78 is 85.2. The summed E-state index contributed by atoms with van der Waals surface area (Å²) in [5.41, 5.74) is 14.2. The smallest absolute Gasteiger partial charge is 0.416 e. The number of carbonyl (C=O) groups excluding carboxylic acids is 3. The molecule has 7 aromatic carbocycles. The van der Waals surface area contributed by atoms with Crippen LogP contribution in [0, 0.1) is 11.3 Å². The van der Waals surface area contributed by atoms with E-state index in [-0.39, 0.29) is 19.1 Å².